The Morgan fingerprint density at radius 2 is 1.94 bits per heavy atom. The highest BCUT2D eigenvalue weighted by molar-refractivity contribution is 7.91. The number of sulfone groups is 1. The lowest BCUT2D eigenvalue weighted by molar-refractivity contribution is -0.116. The number of benzene rings is 1. The summed E-state index contributed by atoms with van der Waals surface area (Å²) >= 11 is 11.6. The highest BCUT2D eigenvalue weighted by Crippen LogP contribution is 2.21. The normalized spacial score (nSPS) is 11.4. The van der Waals surface area contributed by atoms with Gasteiger partial charge in [-0.05, 0) is 17.7 Å². The van der Waals surface area contributed by atoms with Crippen molar-refractivity contribution >= 4 is 38.8 Å². The van der Waals surface area contributed by atoms with Gasteiger partial charge in [0.15, 0.2) is 15.6 Å². The number of Topliss-reactive ketones (excluding diaryl/α,β-unsaturated/α-hetero) is 1. The van der Waals surface area contributed by atoms with Crippen molar-refractivity contribution in [1.29, 1.82) is 0 Å². The zero-order chi connectivity index (χ0) is 12.3. The molecule has 0 aliphatic rings. The van der Waals surface area contributed by atoms with E-state index in [0.29, 0.717) is 15.6 Å². The van der Waals surface area contributed by atoms with E-state index >= 15 is 0 Å². The summed E-state index contributed by atoms with van der Waals surface area (Å²) in [4.78, 5) is 11.4. The average molecular weight is 281 g/mol. The Labute approximate surface area is 104 Å². The Kier molecular flexibility index (Phi) is 4.35. The van der Waals surface area contributed by atoms with Crippen LogP contribution in [0.15, 0.2) is 18.2 Å². The second-order valence-electron chi connectivity index (χ2n) is 3.52. The smallest absolute Gasteiger partial charge is 0.154 e. The molecule has 88 valence electrons. The first kappa shape index (κ1) is 13.5. The van der Waals surface area contributed by atoms with E-state index in [1.165, 1.54) is 6.07 Å². The van der Waals surface area contributed by atoms with E-state index in [9.17, 15) is 13.2 Å². The summed E-state index contributed by atoms with van der Waals surface area (Å²) in [6.45, 7) is 0. The topological polar surface area (TPSA) is 51.2 Å². The minimum Gasteiger partial charge on any atom is -0.298 e. The largest absolute Gasteiger partial charge is 0.298 e. The first-order valence-corrected chi connectivity index (χ1v) is 7.23. The van der Waals surface area contributed by atoms with Crippen LogP contribution in [0, 0.1) is 0 Å². The Hall–Kier alpha value is -0.580. The van der Waals surface area contributed by atoms with E-state index in [1.807, 2.05) is 0 Å². The van der Waals surface area contributed by atoms with Gasteiger partial charge in [0.1, 0.15) is 5.75 Å². The number of ketones is 1. The molecular weight excluding hydrogens is 271 g/mol. The van der Waals surface area contributed by atoms with Crippen LogP contribution in [0.2, 0.25) is 10.0 Å². The molecule has 0 bridgehead atoms. The number of halogens is 2. The maximum Gasteiger partial charge on any atom is 0.154 e. The number of carbonyl (C=O) groups excluding carboxylic acids is 1. The molecule has 0 aliphatic heterocycles. The predicted octanol–water partition coefficient (Wildman–Crippen LogP) is 2.15. The molecule has 0 fully saturated rings. The van der Waals surface area contributed by atoms with Crippen LogP contribution in [-0.2, 0) is 21.1 Å². The van der Waals surface area contributed by atoms with Crippen molar-refractivity contribution in [3.8, 4) is 0 Å². The summed E-state index contributed by atoms with van der Waals surface area (Å²) in [5.41, 5.74) is 0.583. The van der Waals surface area contributed by atoms with E-state index in [2.05, 4.69) is 0 Å². The van der Waals surface area contributed by atoms with Crippen molar-refractivity contribution in [3.05, 3.63) is 33.8 Å². The Morgan fingerprint density at radius 3 is 2.44 bits per heavy atom. The summed E-state index contributed by atoms with van der Waals surface area (Å²) < 4.78 is 21.8. The Balaban J connectivity index is 2.78. The highest BCUT2D eigenvalue weighted by Gasteiger charge is 2.13. The van der Waals surface area contributed by atoms with Crippen molar-refractivity contribution < 1.29 is 13.2 Å². The van der Waals surface area contributed by atoms with Gasteiger partial charge in [0.25, 0.3) is 0 Å². The van der Waals surface area contributed by atoms with Crippen molar-refractivity contribution in [2.45, 2.75) is 6.42 Å². The minimum atomic E-state index is -3.28. The first-order valence-electron chi connectivity index (χ1n) is 4.41. The fourth-order valence-corrected chi connectivity index (χ4v) is 2.38. The average Bonchev–Trinajstić information content (AvgIpc) is 2.06. The van der Waals surface area contributed by atoms with Crippen molar-refractivity contribution in [1.82, 2.24) is 0 Å². The molecule has 0 saturated carbocycles. The highest BCUT2D eigenvalue weighted by atomic mass is 35.5. The van der Waals surface area contributed by atoms with Gasteiger partial charge >= 0.3 is 0 Å². The molecule has 0 aromatic heterocycles. The molecule has 0 amide bonds. The van der Waals surface area contributed by atoms with Crippen molar-refractivity contribution in [2.75, 3.05) is 12.0 Å². The van der Waals surface area contributed by atoms with Crippen LogP contribution in [0.1, 0.15) is 5.56 Å². The monoisotopic (exact) mass is 280 g/mol. The molecule has 0 atom stereocenters. The molecule has 0 saturated heterocycles. The van der Waals surface area contributed by atoms with Crippen LogP contribution in [0.4, 0.5) is 0 Å². The molecule has 0 heterocycles. The third kappa shape index (κ3) is 4.51. The van der Waals surface area contributed by atoms with Crippen molar-refractivity contribution in [3.63, 3.8) is 0 Å². The number of hydrogen-bond donors (Lipinski definition) is 0. The zero-order valence-electron chi connectivity index (χ0n) is 8.54. The van der Waals surface area contributed by atoms with Gasteiger partial charge in [0.2, 0.25) is 0 Å². The van der Waals surface area contributed by atoms with E-state index in [4.69, 9.17) is 23.2 Å². The third-order valence-electron chi connectivity index (χ3n) is 1.83. The van der Waals surface area contributed by atoms with Gasteiger partial charge < -0.3 is 0 Å². The molecule has 3 nitrogen and oxygen atoms in total. The molecule has 0 radical (unpaired) electrons. The summed E-state index contributed by atoms with van der Waals surface area (Å²) in [7, 11) is -3.28. The Bertz CT molecular complexity index is 509. The van der Waals surface area contributed by atoms with Gasteiger partial charge in [-0.1, -0.05) is 29.3 Å². The van der Waals surface area contributed by atoms with Gasteiger partial charge in [0.05, 0.1) is 0 Å². The fraction of sp³-hybridized carbons (Fsp3) is 0.300. The lowest BCUT2D eigenvalue weighted by atomic mass is 10.1. The predicted molar refractivity (Wildman–Crippen MR) is 64.9 cm³/mol. The van der Waals surface area contributed by atoms with Crippen LogP contribution in [0.5, 0.6) is 0 Å². The molecule has 0 spiro atoms. The molecule has 6 heteroatoms. The zero-order valence-corrected chi connectivity index (χ0v) is 10.9. The molecule has 0 N–H and O–H groups in total. The quantitative estimate of drug-likeness (QED) is 0.849. The van der Waals surface area contributed by atoms with E-state index < -0.39 is 15.6 Å². The van der Waals surface area contributed by atoms with E-state index in [1.54, 1.807) is 12.1 Å². The third-order valence-corrected chi connectivity index (χ3v) is 3.26. The molecule has 1 aromatic carbocycles. The number of rotatable bonds is 4. The Morgan fingerprint density at radius 1 is 1.31 bits per heavy atom. The molecule has 16 heavy (non-hydrogen) atoms. The molecule has 0 unspecified atom stereocenters. The van der Waals surface area contributed by atoms with Crippen LogP contribution < -0.4 is 0 Å². The van der Waals surface area contributed by atoms with Crippen LogP contribution >= 0.6 is 23.2 Å². The summed E-state index contributed by atoms with van der Waals surface area (Å²) in [6, 6.07) is 4.74. The maximum absolute atomic E-state index is 11.4. The van der Waals surface area contributed by atoms with Crippen LogP contribution in [-0.4, -0.2) is 26.2 Å². The van der Waals surface area contributed by atoms with Gasteiger partial charge in [-0.3, -0.25) is 4.79 Å². The number of hydrogen-bond acceptors (Lipinski definition) is 3. The maximum atomic E-state index is 11.4. The molecule has 1 aromatic rings. The lowest BCUT2D eigenvalue weighted by Crippen LogP contribution is -2.16. The summed E-state index contributed by atoms with van der Waals surface area (Å²) in [6.07, 6.45) is 1.03. The van der Waals surface area contributed by atoms with Crippen LogP contribution in [0.3, 0.4) is 0 Å². The summed E-state index contributed by atoms with van der Waals surface area (Å²) in [5.74, 6) is -0.849. The van der Waals surface area contributed by atoms with E-state index in [-0.39, 0.29) is 12.2 Å². The SMILES string of the molecule is CS(=O)(=O)CC(=O)Cc1ccc(Cl)cc1Cl. The molecule has 1 rings (SSSR count). The second kappa shape index (κ2) is 5.17. The van der Waals surface area contributed by atoms with Crippen molar-refractivity contribution in [2.24, 2.45) is 0 Å². The number of carbonyl (C=O) groups is 1. The fourth-order valence-electron chi connectivity index (χ4n) is 1.22. The molecular formula is C10H10Cl2O3S. The van der Waals surface area contributed by atoms with E-state index in [0.717, 1.165) is 6.26 Å². The lowest BCUT2D eigenvalue weighted by Gasteiger charge is -2.03. The standard InChI is InChI=1S/C10H10Cl2O3S/c1-16(14,15)6-9(13)4-7-2-3-8(11)5-10(7)12/h2-3,5H,4,6H2,1H3. The first-order chi connectivity index (χ1) is 7.28. The molecule has 0 aliphatic carbocycles. The van der Waals surface area contributed by atoms with Gasteiger partial charge in [-0.2, -0.15) is 0 Å². The minimum absolute atomic E-state index is 0.00305. The van der Waals surface area contributed by atoms with Gasteiger partial charge in [-0.25, -0.2) is 8.42 Å². The summed E-state index contributed by atoms with van der Waals surface area (Å²) in [5, 5.41) is 0.846. The van der Waals surface area contributed by atoms with Gasteiger partial charge in [-0.15, -0.1) is 0 Å². The van der Waals surface area contributed by atoms with Gasteiger partial charge in [0, 0.05) is 22.7 Å². The second-order valence-corrected chi connectivity index (χ2v) is 6.51. The van der Waals surface area contributed by atoms with Crippen LogP contribution in [0.25, 0.3) is 0 Å².